The molecule has 3 unspecified atom stereocenters. The normalized spacial score (nSPS) is 18.3. The van der Waals surface area contributed by atoms with Gasteiger partial charge in [-0.1, -0.05) is 35.9 Å². The summed E-state index contributed by atoms with van der Waals surface area (Å²) in [6.45, 7) is 8.89. The third-order valence-corrected chi connectivity index (χ3v) is 6.59. The van der Waals surface area contributed by atoms with Crippen LogP contribution in [0.15, 0.2) is 36.4 Å². The third kappa shape index (κ3) is 5.94. The van der Waals surface area contributed by atoms with Gasteiger partial charge in [-0.2, -0.15) is 0 Å². The maximum atomic E-state index is 12.1. The fourth-order valence-corrected chi connectivity index (χ4v) is 4.24. The fourth-order valence-electron chi connectivity index (χ4n) is 4.24. The van der Waals surface area contributed by atoms with Gasteiger partial charge in [-0.05, 0) is 63.9 Å². The molecule has 0 radical (unpaired) electrons. The lowest BCUT2D eigenvalue weighted by molar-refractivity contribution is -0.166. The second kappa shape index (κ2) is 10.7. The van der Waals surface area contributed by atoms with Crippen molar-refractivity contribution in [3.8, 4) is 11.5 Å². The Morgan fingerprint density at radius 1 is 1.09 bits per heavy atom. The molecular weight excluding hydrogens is 450 g/mol. The summed E-state index contributed by atoms with van der Waals surface area (Å²) < 4.78 is 22.0. The molecule has 0 saturated carbocycles. The number of carbonyl (C=O) groups is 2. The summed E-state index contributed by atoms with van der Waals surface area (Å²) in [7, 11) is 4.97. The molecule has 3 atom stereocenters. The van der Waals surface area contributed by atoms with Crippen LogP contribution < -0.4 is 9.47 Å². The number of likely N-dealkylation sites (N-methyl/N-ethyl adjacent to an activating group) is 1. The number of ether oxygens (including phenoxy) is 4. The average molecular weight is 486 g/mol. The highest BCUT2D eigenvalue weighted by Crippen LogP contribution is 2.39. The number of aryl methyl sites for hydroxylation is 2. The van der Waals surface area contributed by atoms with Crippen molar-refractivity contribution >= 4 is 11.9 Å². The minimum Gasteiger partial charge on any atom is -0.478 e. The summed E-state index contributed by atoms with van der Waals surface area (Å²) in [4.78, 5) is 26.0. The molecule has 1 aliphatic rings. The minimum absolute atomic E-state index is 0.0735. The van der Waals surface area contributed by atoms with Crippen LogP contribution in [-0.2, 0) is 25.5 Å². The van der Waals surface area contributed by atoms with Crippen molar-refractivity contribution in [3.05, 3.63) is 58.7 Å². The molecule has 190 valence electrons. The SMILES string of the molecule is COC(=O)C1Oc2cc(CC(C)(C)N(C)CC(OC)c3ccc(C)cc3)cc(C)c2OC1C(=O)O. The first-order valence-electron chi connectivity index (χ1n) is 11.5. The van der Waals surface area contributed by atoms with Gasteiger partial charge in [-0.25, -0.2) is 9.59 Å². The van der Waals surface area contributed by atoms with E-state index in [1.165, 1.54) is 12.7 Å². The number of benzene rings is 2. The summed E-state index contributed by atoms with van der Waals surface area (Å²) in [5.74, 6) is -1.43. The standard InChI is InChI=1S/C27H35NO7/c1-16-8-10-19(11-9-16)21(32-6)15-28(5)27(3,4)14-18-12-17(2)22-20(13-18)34-24(26(31)33-7)23(35-22)25(29)30/h8-13,21,23-24H,14-15H2,1-7H3,(H,29,30). The van der Waals surface area contributed by atoms with E-state index in [1.807, 2.05) is 13.0 Å². The first kappa shape index (κ1) is 26.5. The molecule has 1 aliphatic heterocycles. The van der Waals surface area contributed by atoms with E-state index >= 15 is 0 Å². The Bertz CT molecular complexity index is 1060. The molecule has 0 aromatic heterocycles. The molecule has 0 saturated heterocycles. The lowest BCUT2D eigenvalue weighted by atomic mass is 9.91. The molecular formula is C27H35NO7. The Morgan fingerprint density at radius 2 is 1.74 bits per heavy atom. The van der Waals surface area contributed by atoms with Crippen LogP contribution in [0.25, 0.3) is 0 Å². The summed E-state index contributed by atoms with van der Waals surface area (Å²) in [5, 5.41) is 9.50. The Morgan fingerprint density at radius 3 is 2.31 bits per heavy atom. The minimum atomic E-state index is -1.48. The number of carbonyl (C=O) groups excluding carboxylic acids is 1. The van der Waals surface area contributed by atoms with Crippen LogP contribution in [-0.4, -0.2) is 67.5 Å². The van der Waals surface area contributed by atoms with Crippen LogP contribution in [0.1, 0.15) is 42.2 Å². The van der Waals surface area contributed by atoms with Gasteiger partial charge in [0.25, 0.3) is 0 Å². The highest BCUT2D eigenvalue weighted by molar-refractivity contribution is 5.86. The van der Waals surface area contributed by atoms with Crippen LogP contribution in [0.3, 0.4) is 0 Å². The third-order valence-electron chi connectivity index (χ3n) is 6.59. The van der Waals surface area contributed by atoms with E-state index in [0.29, 0.717) is 24.5 Å². The summed E-state index contributed by atoms with van der Waals surface area (Å²) >= 11 is 0. The van der Waals surface area contributed by atoms with Crippen molar-refractivity contribution in [3.63, 3.8) is 0 Å². The van der Waals surface area contributed by atoms with Crippen LogP contribution in [0, 0.1) is 13.8 Å². The topological polar surface area (TPSA) is 94.5 Å². The van der Waals surface area contributed by atoms with Crippen molar-refractivity contribution in [2.75, 3.05) is 27.8 Å². The number of methoxy groups -OCH3 is 2. The largest absolute Gasteiger partial charge is 0.478 e. The lowest BCUT2D eigenvalue weighted by Gasteiger charge is -2.38. The van der Waals surface area contributed by atoms with E-state index in [1.54, 1.807) is 13.2 Å². The highest BCUT2D eigenvalue weighted by atomic mass is 16.6. The molecule has 1 heterocycles. The zero-order valence-corrected chi connectivity index (χ0v) is 21.5. The Hall–Kier alpha value is -3.10. The van der Waals surface area contributed by atoms with Gasteiger partial charge < -0.3 is 24.1 Å². The molecule has 0 spiro atoms. The number of hydrogen-bond acceptors (Lipinski definition) is 7. The number of esters is 1. The molecule has 0 amide bonds. The predicted octanol–water partition coefficient (Wildman–Crippen LogP) is 3.71. The van der Waals surface area contributed by atoms with Gasteiger partial charge >= 0.3 is 11.9 Å². The maximum Gasteiger partial charge on any atom is 0.351 e. The van der Waals surface area contributed by atoms with E-state index in [0.717, 1.165) is 16.7 Å². The van der Waals surface area contributed by atoms with E-state index in [-0.39, 0.29) is 11.6 Å². The van der Waals surface area contributed by atoms with Gasteiger partial charge in [0.2, 0.25) is 12.2 Å². The number of carboxylic acids is 1. The molecule has 35 heavy (non-hydrogen) atoms. The molecule has 0 aliphatic carbocycles. The van der Waals surface area contributed by atoms with Crippen molar-refractivity contribution in [1.82, 2.24) is 4.90 Å². The highest BCUT2D eigenvalue weighted by Gasteiger charge is 2.43. The van der Waals surface area contributed by atoms with E-state index in [2.05, 4.69) is 57.0 Å². The van der Waals surface area contributed by atoms with Gasteiger partial charge in [0, 0.05) is 19.2 Å². The van der Waals surface area contributed by atoms with Gasteiger partial charge in [0.15, 0.2) is 11.5 Å². The van der Waals surface area contributed by atoms with Crippen LogP contribution in [0.4, 0.5) is 0 Å². The Kier molecular flexibility index (Phi) is 8.07. The van der Waals surface area contributed by atoms with Crippen molar-refractivity contribution in [1.29, 1.82) is 0 Å². The smallest absolute Gasteiger partial charge is 0.351 e. The van der Waals surface area contributed by atoms with Gasteiger partial charge in [-0.15, -0.1) is 0 Å². The van der Waals surface area contributed by atoms with Gasteiger partial charge in [-0.3, -0.25) is 4.90 Å². The van der Waals surface area contributed by atoms with Crippen LogP contribution in [0.2, 0.25) is 0 Å². The average Bonchev–Trinajstić information content (AvgIpc) is 2.81. The Balaban J connectivity index is 1.80. The molecule has 0 fully saturated rings. The Labute approximate surface area is 206 Å². The van der Waals surface area contributed by atoms with Crippen molar-refractivity contribution in [2.24, 2.45) is 0 Å². The number of aliphatic carboxylic acids is 1. The first-order chi connectivity index (χ1) is 16.5. The number of hydrogen-bond donors (Lipinski definition) is 1. The summed E-state index contributed by atoms with van der Waals surface area (Å²) in [6.07, 6.45) is -2.26. The lowest BCUT2D eigenvalue weighted by Crippen LogP contribution is -2.50. The summed E-state index contributed by atoms with van der Waals surface area (Å²) in [5.41, 5.74) is 3.79. The second-order valence-corrected chi connectivity index (χ2v) is 9.68. The summed E-state index contributed by atoms with van der Waals surface area (Å²) in [6, 6.07) is 12.1. The number of fused-ring (bicyclic) bond motifs is 1. The molecule has 0 bridgehead atoms. The van der Waals surface area contributed by atoms with E-state index in [9.17, 15) is 14.7 Å². The molecule has 3 rings (SSSR count). The second-order valence-electron chi connectivity index (χ2n) is 9.68. The number of nitrogens with zero attached hydrogens (tertiary/aromatic N) is 1. The van der Waals surface area contributed by atoms with E-state index in [4.69, 9.17) is 18.9 Å². The van der Waals surface area contributed by atoms with Crippen molar-refractivity contribution in [2.45, 2.75) is 58.0 Å². The molecule has 8 nitrogen and oxygen atoms in total. The maximum absolute atomic E-state index is 12.1. The van der Waals surface area contributed by atoms with Crippen molar-refractivity contribution < 1.29 is 33.6 Å². The molecule has 1 N–H and O–H groups in total. The molecule has 8 heteroatoms. The number of rotatable bonds is 9. The van der Waals surface area contributed by atoms with Crippen LogP contribution >= 0.6 is 0 Å². The predicted molar refractivity (Wildman–Crippen MR) is 131 cm³/mol. The van der Waals surface area contributed by atoms with Crippen LogP contribution in [0.5, 0.6) is 11.5 Å². The zero-order valence-electron chi connectivity index (χ0n) is 21.5. The van der Waals surface area contributed by atoms with Gasteiger partial charge in [0.1, 0.15) is 0 Å². The monoisotopic (exact) mass is 485 g/mol. The molecule has 2 aromatic carbocycles. The quantitative estimate of drug-likeness (QED) is 0.537. The number of carboxylic acid groups (broad SMARTS) is 1. The van der Waals surface area contributed by atoms with Gasteiger partial charge in [0.05, 0.1) is 13.2 Å². The van der Waals surface area contributed by atoms with E-state index < -0.39 is 24.1 Å². The zero-order chi connectivity index (χ0) is 25.9. The molecule has 2 aromatic rings. The first-order valence-corrected chi connectivity index (χ1v) is 11.5. The fraction of sp³-hybridized carbons (Fsp3) is 0.481.